The Morgan fingerprint density at radius 3 is 2.68 bits per heavy atom. The third-order valence-corrected chi connectivity index (χ3v) is 4.98. The zero-order valence-corrected chi connectivity index (χ0v) is 15.4. The van der Waals surface area contributed by atoms with Gasteiger partial charge in [-0.05, 0) is 66.0 Å². The number of amides is 1. The van der Waals surface area contributed by atoms with Gasteiger partial charge in [0.25, 0.3) is 0 Å². The molecule has 3 rings (SSSR count). The molecule has 0 atom stereocenters. The highest BCUT2D eigenvalue weighted by Gasteiger charge is 2.27. The molecule has 0 spiro atoms. The fourth-order valence-corrected chi connectivity index (χ4v) is 3.28. The second kappa shape index (κ2) is 7.73. The van der Waals surface area contributed by atoms with Crippen molar-refractivity contribution in [3.05, 3.63) is 64.2 Å². The van der Waals surface area contributed by atoms with Crippen molar-refractivity contribution in [3.63, 3.8) is 0 Å². The van der Waals surface area contributed by atoms with Crippen LogP contribution in [-0.2, 0) is 24.2 Å². The van der Waals surface area contributed by atoms with Gasteiger partial charge in [-0.3, -0.25) is 4.79 Å². The lowest BCUT2D eigenvalue weighted by atomic mass is 9.96. The van der Waals surface area contributed by atoms with Gasteiger partial charge in [0.05, 0.1) is 6.42 Å². The van der Waals surface area contributed by atoms with Crippen LogP contribution in [0.2, 0.25) is 0 Å². The van der Waals surface area contributed by atoms with Gasteiger partial charge in [-0.15, -0.1) is 0 Å². The van der Waals surface area contributed by atoms with Gasteiger partial charge in [-0.1, -0.05) is 37.3 Å². The molecule has 0 radical (unpaired) electrons. The number of carbonyl (C=O) groups excluding carboxylic acids is 1. The largest absolute Gasteiger partial charge is 0.489 e. The van der Waals surface area contributed by atoms with E-state index in [2.05, 4.69) is 49.5 Å². The number of carbonyl (C=O) groups is 1. The van der Waals surface area contributed by atoms with E-state index >= 15 is 0 Å². The third-order valence-electron chi connectivity index (χ3n) is 4.98. The Kier molecular flexibility index (Phi) is 5.42. The van der Waals surface area contributed by atoms with Crippen LogP contribution in [0.3, 0.4) is 0 Å². The minimum atomic E-state index is 0.0395. The van der Waals surface area contributed by atoms with Crippen molar-refractivity contribution in [2.75, 3.05) is 7.05 Å². The van der Waals surface area contributed by atoms with E-state index in [9.17, 15) is 4.79 Å². The van der Waals surface area contributed by atoms with Crippen LogP contribution in [0.4, 0.5) is 0 Å². The van der Waals surface area contributed by atoms with Gasteiger partial charge >= 0.3 is 0 Å². The van der Waals surface area contributed by atoms with Crippen LogP contribution in [0.5, 0.6) is 5.75 Å². The van der Waals surface area contributed by atoms with Gasteiger partial charge in [-0.25, -0.2) is 0 Å². The quantitative estimate of drug-likeness (QED) is 0.818. The van der Waals surface area contributed by atoms with Gasteiger partial charge < -0.3 is 10.1 Å². The molecule has 1 aliphatic rings. The Morgan fingerprint density at radius 2 is 2.04 bits per heavy atom. The van der Waals surface area contributed by atoms with Gasteiger partial charge in [0.1, 0.15) is 12.4 Å². The number of rotatable bonds is 7. The first-order valence-electron chi connectivity index (χ1n) is 9.16. The van der Waals surface area contributed by atoms with Crippen molar-refractivity contribution < 1.29 is 9.53 Å². The van der Waals surface area contributed by atoms with E-state index in [1.54, 1.807) is 7.05 Å². The van der Waals surface area contributed by atoms with Crippen molar-refractivity contribution in [2.24, 2.45) is 0 Å². The second-order valence-electron chi connectivity index (χ2n) is 6.85. The van der Waals surface area contributed by atoms with Gasteiger partial charge in [0.15, 0.2) is 0 Å². The van der Waals surface area contributed by atoms with E-state index in [0.717, 1.165) is 23.3 Å². The summed E-state index contributed by atoms with van der Waals surface area (Å²) in [6, 6.07) is 12.7. The maximum Gasteiger partial charge on any atom is 0.224 e. The van der Waals surface area contributed by atoms with Crippen LogP contribution in [0.1, 0.15) is 53.5 Å². The molecule has 1 saturated carbocycles. The first-order chi connectivity index (χ1) is 12.1. The number of hydrogen-bond donors (Lipinski definition) is 1. The van der Waals surface area contributed by atoms with Gasteiger partial charge in [0, 0.05) is 7.05 Å². The lowest BCUT2D eigenvalue weighted by molar-refractivity contribution is -0.119. The van der Waals surface area contributed by atoms with E-state index in [0.29, 0.717) is 18.9 Å². The van der Waals surface area contributed by atoms with Crippen molar-refractivity contribution in [3.8, 4) is 5.75 Å². The molecule has 0 unspecified atom stereocenters. The molecule has 2 aromatic carbocycles. The molecule has 0 aliphatic heterocycles. The molecule has 1 N–H and O–H groups in total. The van der Waals surface area contributed by atoms with E-state index < -0.39 is 0 Å². The van der Waals surface area contributed by atoms with Crippen LogP contribution in [-0.4, -0.2) is 13.0 Å². The SMILES string of the molecule is CCc1ccc(OCc2c(CC(=O)NC)cccc2C2CC2)c(C)c1. The molecule has 1 fully saturated rings. The molecule has 3 heteroatoms. The molecule has 0 bridgehead atoms. The van der Waals surface area contributed by atoms with Crippen LogP contribution in [0, 0.1) is 6.92 Å². The normalized spacial score (nSPS) is 13.6. The molecule has 25 heavy (non-hydrogen) atoms. The molecule has 2 aromatic rings. The zero-order chi connectivity index (χ0) is 17.8. The lowest BCUT2D eigenvalue weighted by Crippen LogP contribution is -2.21. The van der Waals surface area contributed by atoms with E-state index in [1.807, 2.05) is 6.07 Å². The molecule has 3 nitrogen and oxygen atoms in total. The van der Waals surface area contributed by atoms with E-state index in [4.69, 9.17) is 4.74 Å². The highest BCUT2D eigenvalue weighted by Crippen LogP contribution is 2.42. The number of aryl methyl sites for hydroxylation is 2. The summed E-state index contributed by atoms with van der Waals surface area (Å²) in [5, 5.41) is 2.72. The molecule has 132 valence electrons. The summed E-state index contributed by atoms with van der Waals surface area (Å²) in [6.45, 7) is 4.77. The summed E-state index contributed by atoms with van der Waals surface area (Å²) < 4.78 is 6.17. The Hall–Kier alpha value is -2.29. The Bertz CT molecular complexity index is 763. The third kappa shape index (κ3) is 4.22. The van der Waals surface area contributed by atoms with Crippen LogP contribution in [0.15, 0.2) is 36.4 Å². The summed E-state index contributed by atoms with van der Waals surface area (Å²) in [4.78, 5) is 11.9. The molecule has 0 heterocycles. The monoisotopic (exact) mass is 337 g/mol. The Morgan fingerprint density at radius 1 is 1.24 bits per heavy atom. The molecule has 1 amide bonds. The number of nitrogens with one attached hydrogen (secondary N) is 1. The fraction of sp³-hybridized carbons (Fsp3) is 0.409. The highest BCUT2D eigenvalue weighted by molar-refractivity contribution is 5.78. The molecule has 1 aliphatic carbocycles. The topological polar surface area (TPSA) is 38.3 Å². The van der Waals surface area contributed by atoms with Crippen LogP contribution in [0.25, 0.3) is 0 Å². The second-order valence-corrected chi connectivity index (χ2v) is 6.85. The summed E-state index contributed by atoms with van der Waals surface area (Å²) in [5.41, 5.74) is 6.10. The van der Waals surface area contributed by atoms with E-state index in [1.165, 1.54) is 29.5 Å². The van der Waals surface area contributed by atoms with Gasteiger partial charge in [0.2, 0.25) is 5.91 Å². The van der Waals surface area contributed by atoms with E-state index in [-0.39, 0.29) is 5.91 Å². The van der Waals surface area contributed by atoms with Crippen LogP contribution < -0.4 is 10.1 Å². The standard InChI is InChI=1S/C22H27NO2/c1-4-16-8-11-21(15(2)12-16)25-14-20-18(13-22(24)23-3)6-5-7-19(20)17-9-10-17/h5-8,11-12,17H,4,9-10,13-14H2,1-3H3,(H,23,24). The van der Waals surface area contributed by atoms with Gasteiger partial charge in [-0.2, -0.15) is 0 Å². The summed E-state index contributed by atoms with van der Waals surface area (Å²) in [6.07, 6.45) is 3.91. The molecular formula is C22H27NO2. The molecule has 0 aromatic heterocycles. The summed E-state index contributed by atoms with van der Waals surface area (Å²) >= 11 is 0. The van der Waals surface area contributed by atoms with Crippen LogP contribution >= 0.6 is 0 Å². The smallest absolute Gasteiger partial charge is 0.224 e. The number of hydrogen-bond acceptors (Lipinski definition) is 2. The molecular weight excluding hydrogens is 310 g/mol. The van der Waals surface area contributed by atoms with Crippen molar-refractivity contribution in [1.29, 1.82) is 0 Å². The minimum Gasteiger partial charge on any atom is -0.489 e. The van der Waals surface area contributed by atoms with Crippen molar-refractivity contribution in [2.45, 2.75) is 52.1 Å². The number of ether oxygens (including phenoxy) is 1. The average Bonchev–Trinajstić information content (AvgIpc) is 3.46. The van der Waals surface area contributed by atoms with Crippen molar-refractivity contribution >= 4 is 5.91 Å². The summed E-state index contributed by atoms with van der Waals surface area (Å²) in [5.74, 6) is 1.60. The average molecular weight is 337 g/mol. The Balaban J connectivity index is 1.84. The minimum absolute atomic E-state index is 0.0395. The predicted octanol–water partition coefficient (Wildman–Crippen LogP) is 4.30. The number of benzene rings is 2. The first-order valence-corrected chi connectivity index (χ1v) is 9.16. The first kappa shape index (κ1) is 17.5. The predicted molar refractivity (Wildman–Crippen MR) is 101 cm³/mol. The Labute approximate surface area is 150 Å². The fourth-order valence-electron chi connectivity index (χ4n) is 3.28. The summed E-state index contributed by atoms with van der Waals surface area (Å²) in [7, 11) is 1.68. The van der Waals surface area contributed by atoms with Crippen molar-refractivity contribution in [1.82, 2.24) is 5.32 Å². The maximum atomic E-state index is 11.9. The molecule has 0 saturated heterocycles. The lowest BCUT2D eigenvalue weighted by Gasteiger charge is -2.17. The maximum absolute atomic E-state index is 11.9. The highest BCUT2D eigenvalue weighted by atomic mass is 16.5. The zero-order valence-electron chi connectivity index (χ0n) is 15.4. The number of likely N-dealkylation sites (N-methyl/N-ethyl adjacent to an activating group) is 1.